The monoisotopic (exact) mass is 258 g/mol. The van der Waals surface area contributed by atoms with Crippen LogP contribution in [0.15, 0.2) is 11.6 Å². The molecule has 0 saturated carbocycles. The zero-order chi connectivity index (χ0) is 12.1. The van der Waals surface area contributed by atoms with Crippen molar-refractivity contribution in [2.45, 2.75) is 13.8 Å². The highest BCUT2D eigenvalue weighted by atomic mass is 31.3. The van der Waals surface area contributed by atoms with E-state index >= 15 is 0 Å². The van der Waals surface area contributed by atoms with E-state index in [1.807, 2.05) is 0 Å². The normalized spacial score (nSPS) is 19.0. The molecule has 0 heterocycles. The van der Waals surface area contributed by atoms with Crippen LogP contribution in [0.3, 0.4) is 0 Å². The molecule has 0 aromatic rings. The van der Waals surface area contributed by atoms with E-state index in [0.717, 1.165) is 12.7 Å². The van der Waals surface area contributed by atoms with Gasteiger partial charge in [0, 0.05) is 7.11 Å². The minimum atomic E-state index is -4.88. The molecule has 9 heteroatoms. The van der Waals surface area contributed by atoms with E-state index in [1.165, 1.54) is 6.08 Å². The summed E-state index contributed by atoms with van der Waals surface area (Å²) in [5.74, 6) is 0. The first-order valence-corrected chi connectivity index (χ1v) is 6.78. The molecule has 0 radical (unpaired) electrons. The summed E-state index contributed by atoms with van der Waals surface area (Å²) in [6.45, 7) is 3.17. The van der Waals surface area contributed by atoms with E-state index < -0.39 is 15.6 Å². The molecule has 7 nitrogen and oxygen atoms in total. The maximum absolute atomic E-state index is 10.9. The summed E-state index contributed by atoms with van der Waals surface area (Å²) in [6, 6.07) is 0. The topological polar surface area (TPSA) is 108 Å². The van der Waals surface area contributed by atoms with Gasteiger partial charge in [-0.3, -0.25) is 9.13 Å². The molecule has 0 saturated heterocycles. The molecule has 2 unspecified atom stereocenters. The summed E-state index contributed by atoms with van der Waals surface area (Å²) in [5.41, 5.74) is 0.826. The number of rotatable bonds is 6. The Bertz CT molecular complexity index is 319. The van der Waals surface area contributed by atoms with Gasteiger partial charge in [0.15, 0.2) is 0 Å². The Kier molecular flexibility index (Phi) is 5.92. The smallest absolute Gasteiger partial charge is 0.274 e. The maximum Gasteiger partial charge on any atom is 0.274 e. The van der Waals surface area contributed by atoms with Crippen molar-refractivity contribution in [3.8, 4) is 0 Å². The SMILES string of the molecule is COP(=O)([O-])OP(=O)([O-])OCC=C(C)C. The van der Waals surface area contributed by atoms with Gasteiger partial charge in [0.1, 0.15) is 0 Å². The minimum absolute atomic E-state index is 0.285. The fourth-order valence-electron chi connectivity index (χ4n) is 0.475. The standard InChI is InChI=1S/C6H14O7P2/c1-6(2)4-5-12-15(9,10)13-14(7,8)11-3/h4H,5H2,1-3H3,(H,7,8)(H,9,10)/p-2. The lowest BCUT2D eigenvalue weighted by Crippen LogP contribution is -2.12. The molecule has 0 aliphatic carbocycles. The van der Waals surface area contributed by atoms with E-state index in [0.29, 0.717) is 0 Å². The Morgan fingerprint density at radius 1 is 1.27 bits per heavy atom. The van der Waals surface area contributed by atoms with Crippen molar-refractivity contribution in [2.24, 2.45) is 0 Å². The Morgan fingerprint density at radius 2 is 1.80 bits per heavy atom. The average molecular weight is 258 g/mol. The van der Waals surface area contributed by atoms with Crippen LogP contribution in [0.25, 0.3) is 0 Å². The third-order valence-electron chi connectivity index (χ3n) is 1.15. The van der Waals surface area contributed by atoms with Crippen molar-refractivity contribution < 1.29 is 32.3 Å². The molecule has 0 aliphatic rings. The molecule has 0 aromatic carbocycles. The van der Waals surface area contributed by atoms with Gasteiger partial charge in [0.05, 0.1) is 6.61 Å². The molecule has 2 atom stereocenters. The third-order valence-corrected chi connectivity index (χ3v) is 3.66. The van der Waals surface area contributed by atoms with Crippen LogP contribution in [-0.2, 0) is 22.5 Å². The first-order chi connectivity index (χ1) is 6.68. The van der Waals surface area contributed by atoms with Gasteiger partial charge in [-0.25, -0.2) is 4.31 Å². The van der Waals surface area contributed by atoms with Gasteiger partial charge < -0.3 is 18.8 Å². The van der Waals surface area contributed by atoms with Crippen LogP contribution in [0.1, 0.15) is 13.8 Å². The van der Waals surface area contributed by atoms with E-state index in [9.17, 15) is 18.9 Å². The van der Waals surface area contributed by atoms with Crippen LogP contribution in [0.4, 0.5) is 0 Å². The Morgan fingerprint density at radius 3 is 2.20 bits per heavy atom. The first kappa shape index (κ1) is 15.0. The van der Waals surface area contributed by atoms with Crippen LogP contribution >= 0.6 is 15.6 Å². The molecule has 0 aliphatic heterocycles. The highest BCUT2D eigenvalue weighted by Crippen LogP contribution is 2.54. The predicted octanol–water partition coefficient (Wildman–Crippen LogP) is 0.569. The second kappa shape index (κ2) is 5.92. The summed E-state index contributed by atoms with van der Waals surface area (Å²) in [7, 11) is -8.93. The third kappa shape index (κ3) is 7.88. The number of phosphoric acid groups is 2. The zero-order valence-electron chi connectivity index (χ0n) is 8.54. The highest BCUT2D eigenvalue weighted by molar-refractivity contribution is 7.59. The lowest BCUT2D eigenvalue weighted by Gasteiger charge is -2.29. The van der Waals surface area contributed by atoms with E-state index in [2.05, 4.69) is 13.4 Å². The molecule has 0 bridgehead atoms. The first-order valence-electron chi connectivity index (χ1n) is 3.85. The largest absolute Gasteiger partial charge is 0.756 e. The lowest BCUT2D eigenvalue weighted by atomic mass is 10.3. The Hall–Kier alpha value is 0.0000000000000000555. The minimum Gasteiger partial charge on any atom is -0.756 e. The molecule has 0 N–H and O–H groups in total. The van der Waals surface area contributed by atoms with Gasteiger partial charge in [-0.2, -0.15) is 0 Å². The average Bonchev–Trinajstić information content (AvgIpc) is 2.01. The molecule has 0 amide bonds. The van der Waals surface area contributed by atoms with Crippen molar-refractivity contribution in [1.82, 2.24) is 0 Å². The fraction of sp³-hybridized carbons (Fsp3) is 0.667. The molecule has 90 valence electrons. The van der Waals surface area contributed by atoms with Gasteiger partial charge in [0.2, 0.25) is 0 Å². The van der Waals surface area contributed by atoms with Crippen LogP contribution in [0.2, 0.25) is 0 Å². The van der Waals surface area contributed by atoms with Gasteiger partial charge in [-0.05, 0) is 13.8 Å². The van der Waals surface area contributed by atoms with E-state index in [-0.39, 0.29) is 6.61 Å². The molecule has 0 fully saturated rings. The zero-order valence-corrected chi connectivity index (χ0v) is 10.3. The van der Waals surface area contributed by atoms with E-state index in [4.69, 9.17) is 0 Å². The Balaban J connectivity index is 4.26. The van der Waals surface area contributed by atoms with Gasteiger partial charge >= 0.3 is 0 Å². The van der Waals surface area contributed by atoms with Gasteiger partial charge in [-0.15, -0.1) is 0 Å². The van der Waals surface area contributed by atoms with Crippen molar-refractivity contribution in [1.29, 1.82) is 0 Å². The summed E-state index contributed by atoms with van der Waals surface area (Å²) in [5, 5.41) is 0. The van der Waals surface area contributed by atoms with Crippen molar-refractivity contribution in [2.75, 3.05) is 13.7 Å². The molecule has 15 heavy (non-hydrogen) atoms. The number of phosphoric ester groups is 2. The fourth-order valence-corrected chi connectivity index (χ4v) is 2.17. The molecular weight excluding hydrogens is 246 g/mol. The van der Waals surface area contributed by atoms with Crippen LogP contribution in [-0.4, -0.2) is 13.7 Å². The van der Waals surface area contributed by atoms with Crippen molar-refractivity contribution in [3.05, 3.63) is 11.6 Å². The van der Waals surface area contributed by atoms with Gasteiger partial charge in [-0.1, -0.05) is 11.6 Å². The van der Waals surface area contributed by atoms with Crippen LogP contribution < -0.4 is 9.79 Å². The van der Waals surface area contributed by atoms with Gasteiger partial charge in [0.25, 0.3) is 15.6 Å². The second-order valence-corrected chi connectivity index (χ2v) is 5.80. The molecule has 0 spiro atoms. The van der Waals surface area contributed by atoms with Crippen LogP contribution in [0, 0.1) is 0 Å². The lowest BCUT2D eigenvalue weighted by molar-refractivity contribution is -0.241. The molecule has 0 rings (SSSR count). The summed E-state index contributed by atoms with van der Waals surface area (Å²) in [6.07, 6.45) is 1.45. The highest BCUT2D eigenvalue weighted by Gasteiger charge is 2.17. The van der Waals surface area contributed by atoms with Crippen molar-refractivity contribution in [3.63, 3.8) is 0 Å². The van der Waals surface area contributed by atoms with Crippen molar-refractivity contribution >= 4 is 15.6 Å². The summed E-state index contributed by atoms with van der Waals surface area (Å²) in [4.78, 5) is 21.5. The molecule has 0 aromatic heterocycles. The number of hydrogen-bond acceptors (Lipinski definition) is 7. The maximum atomic E-state index is 10.9. The molecular formula is C6H12O7P2-2. The number of hydrogen-bond donors (Lipinski definition) is 0. The number of allylic oxidation sites excluding steroid dienone is 1. The second-order valence-electron chi connectivity index (χ2n) is 2.74. The summed E-state index contributed by atoms with van der Waals surface area (Å²) < 4.78 is 33.2. The predicted molar refractivity (Wildman–Crippen MR) is 48.7 cm³/mol. The van der Waals surface area contributed by atoms with E-state index in [1.54, 1.807) is 13.8 Å². The van der Waals surface area contributed by atoms with Crippen LogP contribution in [0.5, 0.6) is 0 Å². The summed E-state index contributed by atoms with van der Waals surface area (Å²) >= 11 is 0. The quantitative estimate of drug-likeness (QED) is 0.506. The Labute approximate surface area is 87.9 Å².